The van der Waals surface area contributed by atoms with Crippen molar-refractivity contribution in [2.24, 2.45) is 21.9 Å². The van der Waals surface area contributed by atoms with E-state index in [2.05, 4.69) is 20.0 Å². The SMILES string of the molecule is CC(C)C(=O)OC[C@@]1(N=[N+]=[N-])O[C@@H](n2ccc(/N=C/N(C)C)nc2=O)[C@@H](C)[C@@H]1OC(=O)C(C)O. The maximum Gasteiger partial charge on any atom is 0.351 e. The zero-order valence-corrected chi connectivity index (χ0v) is 19.9. The second-order valence-corrected chi connectivity index (χ2v) is 8.38. The van der Waals surface area contributed by atoms with E-state index >= 15 is 0 Å². The number of ether oxygens (including phenoxy) is 3. The standard InChI is InChI=1S/C20H29N7O7/c1-11(2)17(29)32-9-20(24-25-21)15(33-18(30)13(4)28)12(3)16(34-20)27-8-7-14(23-19(27)31)22-10-26(5)6/h7-8,10-13,15-16,28H,9H2,1-6H3/b22-10+/t12-,13?,15-,16+,20+/m0/s1. The van der Waals surface area contributed by atoms with Gasteiger partial charge in [-0.2, -0.15) is 4.98 Å². The fraction of sp³-hybridized carbons (Fsp3) is 0.650. The summed E-state index contributed by atoms with van der Waals surface area (Å²) in [7, 11) is 3.52. The number of aromatic nitrogens is 2. The van der Waals surface area contributed by atoms with Crippen molar-refractivity contribution < 1.29 is 28.9 Å². The minimum atomic E-state index is -1.99. The van der Waals surface area contributed by atoms with Gasteiger partial charge in [-0.25, -0.2) is 14.6 Å². The first-order valence-electron chi connectivity index (χ1n) is 10.5. The quantitative estimate of drug-likeness (QED) is 0.135. The normalized spacial score (nSPS) is 25.1. The second kappa shape index (κ2) is 11.1. The minimum absolute atomic E-state index is 0.157. The number of esters is 2. The number of aliphatic hydroxyl groups excluding tert-OH is 1. The van der Waals surface area contributed by atoms with Crippen LogP contribution < -0.4 is 5.69 Å². The van der Waals surface area contributed by atoms with Crippen molar-refractivity contribution in [2.45, 2.75) is 51.9 Å². The van der Waals surface area contributed by atoms with Crippen LogP contribution in [-0.2, 0) is 23.8 Å². The third-order valence-corrected chi connectivity index (χ3v) is 4.90. The van der Waals surface area contributed by atoms with Crippen LogP contribution in [0.5, 0.6) is 0 Å². The lowest BCUT2D eigenvalue weighted by atomic mass is 9.97. The molecule has 34 heavy (non-hydrogen) atoms. The molecule has 1 unspecified atom stereocenters. The van der Waals surface area contributed by atoms with Crippen LogP contribution in [0.1, 0.15) is 33.9 Å². The van der Waals surface area contributed by atoms with Crippen LogP contribution >= 0.6 is 0 Å². The Kier molecular flexibility index (Phi) is 8.74. The minimum Gasteiger partial charge on any atom is -0.462 e. The number of nitrogens with zero attached hydrogens (tertiary/aromatic N) is 7. The van der Waals surface area contributed by atoms with Crippen LogP contribution in [0, 0.1) is 11.8 Å². The van der Waals surface area contributed by atoms with Gasteiger partial charge >= 0.3 is 17.6 Å². The van der Waals surface area contributed by atoms with Crippen LogP contribution in [0.3, 0.4) is 0 Å². The van der Waals surface area contributed by atoms with E-state index in [1.165, 1.54) is 25.5 Å². The Morgan fingerprint density at radius 1 is 1.41 bits per heavy atom. The fourth-order valence-electron chi connectivity index (χ4n) is 3.16. The van der Waals surface area contributed by atoms with Crippen molar-refractivity contribution in [3.63, 3.8) is 0 Å². The average molecular weight is 479 g/mol. The third-order valence-electron chi connectivity index (χ3n) is 4.90. The van der Waals surface area contributed by atoms with Crippen molar-refractivity contribution in [2.75, 3.05) is 20.7 Å². The van der Waals surface area contributed by atoms with Gasteiger partial charge in [0.15, 0.2) is 5.82 Å². The van der Waals surface area contributed by atoms with Crippen LogP contribution in [0.2, 0.25) is 0 Å². The van der Waals surface area contributed by atoms with Gasteiger partial charge in [0.25, 0.3) is 0 Å². The van der Waals surface area contributed by atoms with Crippen LogP contribution in [-0.4, -0.2) is 76.5 Å². The summed E-state index contributed by atoms with van der Waals surface area (Å²) >= 11 is 0. The van der Waals surface area contributed by atoms with Gasteiger partial charge in [0.2, 0.25) is 5.72 Å². The van der Waals surface area contributed by atoms with E-state index in [-0.39, 0.29) is 5.82 Å². The highest BCUT2D eigenvalue weighted by molar-refractivity contribution is 5.74. The molecule has 1 N–H and O–H groups in total. The summed E-state index contributed by atoms with van der Waals surface area (Å²) in [6.45, 7) is 5.43. The van der Waals surface area contributed by atoms with Gasteiger partial charge < -0.3 is 24.2 Å². The van der Waals surface area contributed by atoms with E-state index < -0.39 is 60.2 Å². The smallest absolute Gasteiger partial charge is 0.351 e. The molecule has 0 saturated carbocycles. The van der Waals surface area contributed by atoms with Crippen molar-refractivity contribution in [1.82, 2.24) is 14.5 Å². The molecular weight excluding hydrogens is 450 g/mol. The largest absolute Gasteiger partial charge is 0.462 e. The Morgan fingerprint density at radius 3 is 2.62 bits per heavy atom. The van der Waals surface area contributed by atoms with Crippen LogP contribution in [0.4, 0.5) is 5.82 Å². The Bertz CT molecular complexity index is 1030. The van der Waals surface area contributed by atoms with Crippen LogP contribution in [0.25, 0.3) is 10.4 Å². The maximum absolute atomic E-state index is 12.7. The van der Waals surface area contributed by atoms with E-state index in [1.807, 2.05) is 0 Å². The number of carbonyl (C=O) groups is 2. The molecular formula is C20H29N7O7. The van der Waals surface area contributed by atoms with Gasteiger partial charge in [0.05, 0.1) is 12.3 Å². The highest BCUT2D eigenvalue weighted by atomic mass is 16.6. The summed E-state index contributed by atoms with van der Waals surface area (Å²) in [6.07, 6.45) is -1.02. The van der Waals surface area contributed by atoms with E-state index in [1.54, 1.807) is 39.8 Å². The maximum atomic E-state index is 12.7. The zero-order valence-electron chi connectivity index (χ0n) is 19.9. The Balaban J connectivity index is 2.49. The first-order valence-corrected chi connectivity index (χ1v) is 10.5. The molecule has 0 radical (unpaired) electrons. The van der Waals surface area contributed by atoms with Gasteiger partial charge in [-0.1, -0.05) is 25.9 Å². The van der Waals surface area contributed by atoms with Crippen molar-refractivity contribution >= 4 is 24.1 Å². The molecule has 186 valence electrons. The molecule has 0 bridgehead atoms. The molecule has 14 heteroatoms. The Labute approximate surface area is 195 Å². The number of carbonyl (C=O) groups excluding carboxylic acids is 2. The third kappa shape index (κ3) is 6.10. The number of hydrogen-bond donors (Lipinski definition) is 1. The van der Waals surface area contributed by atoms with Crippen molar-refractivity contribution in [3.05, 3.63) is 33.2 Å². The molecule has 5 atom stereocenters. The Morgan fingerprint density at radius 2 is 2.09 bits per heavy atom. The Hall–Kier alpha value is -3.48. The highest BCUT2D eigenvalue weighted by Crippen LogP contribution is 2.44. The molecule has 2 heterocycles. The molecule has 0 aromatic carbocycles. The van der Waals surface area contributed by atoms with Gasteiger partial charge in [-0.05, 0) is 18.5 Å². The van der Waals surface area contributed by atoms with E-state index in [0.29, 0.717) is 0 Å². The molecule has 1 aliphatic heterocycles. The number of hydrogen-bond acceptors (Lipinski definition) is 10. The lowest BCUT2D eigenvalue weighted by Gasteiger charge is -2.30. The van der Waals surface area contributed by atoms with E-state index in [0.717, 1.165) is 4.57 Å². The highest BCUT2D eigenvalue weighted by Gasteiger charge is 2.57. The summed E-state index contributed by atoms with van der Waals surface area (Å²) < 4.78 is 17.7. The summed E-state index contributed by atoms with van der Waals surface area (Å²) in [4.78, 5) is 49.4. The molecule has 0 aliphatic carbocycles. The first kappa shape index (κ1) is 26.8. The number of aliphatic imine (C=N–C) groups is 1. The molecule has 14 nitrogen and oxygen atoms in total. The lowest BCUT2D eigenvalue weighted by Crippen LogP contribution is -2.47. The molecule has 2 rings (SSSR count). The van der Waals surface area contributed by atoms with Gasteiger partial charge in [-0.15, -0.1) is 0 Å². The van der Waals surface area contributed by atoms with Crippen molar-refractivity contribution in [3.8, 4) is 0 Å². The summed E-state index contributed by atoms with van der Waals surface area (Å²) in [6, 6.07) is 1.47. The summed E-state index contributed by atoms with van der Waals surface area (Å²) in [5, 5.41) is 13.3. The molecule has 0 spiro atoms. The molecule has 1 saturated heterocycles. The molecule has 1 aromatic heterocycles. The predicted molar refractivity (Wildman–Crippen MR) is 119 cm³/mol. The summed E-state index contributed by atoms with van der Waals surface area (Å²) in [5.74, 6) is -2.72. The molecule has 1 aromatic rings. The number of aliphatic hydroxyl groups is 1. The summed E-state index contributed by atoms with van der Waals surface area (Å²) in [5.41, 5.74) is 6.50. The first-order chi connectivity index (χ1) is 15.9. The van der Waals surface area contributed by atoms with E-state index in [4.69, 9.17) is 14.2 Å². The van der Waals surface area contributed by atoms with Gasteiger partial charge in [-0.3, -0.25) is 9.36 Å². The van der Waals surface area contributed by atoms with Gasteiger partial charge in [0, 0.05) is 31.1 Å². The zero-order chi connectivity index (χ0) is 25.6. The number of azide groups is 1. The molecule has 0 amide bonds. The fourth-order valence-corrected chi connectivity index (χ4v) is 3.16. The lowest BCUT2D eigenvalue weighted by molar-refractivity contribution is -0.182. The van der Waals surface area contributed by atoms with Crippen LogP contribution in [0.15, 0.2) is 27.2 Å². The average Bonchev–Trinajstić information content (AvgIpc) is 3.02. The number of rotatable bonds is 9. The predicted octanol–water partition coefficient (Wildman–Crippen LogP) is 1.13. The van der Waals surface area contributed by atoms with E-state index in [9.17, 15) is 25.0 Å². The monoisotopic (exact) mass is 479 g/mol. The van der Waals surface area contributed by atoms with Gasteiger partial charge in [0.1, 0.15) is 25.0 Å². The van der Waals surface area contributed by atoms with Crippen molar-refractivity contribution in [1.29, 1.82) is 0 Å². The topological polar surface area (TPSA) is 181 Å². The molecule has 1 fully saturated rings. The molecule has 1 aliphatic rings. The second-order valence-electron chi connectivity index (χ2n) is 8.38.